The number of rotatable bonds is 2. The molecule has 2 aromatic rings. The van der Waals surface area contributed by atoms with Gasteiger partial charge in [-0.15, -0.1) is 0 Å². The minimum atomic E-state index is -0.425. The summed E-state index contributed by atoms with van der Waals surface area (Å²) in [5.41, 5.74) is 4.32. The third kappa shape index (κ3) is 3.03. The van der Waals surface area contributed by atoms with Crippen molar-refractivity contribution in [1.82, 2.24) is 10.2 Å². The van der Waals surface area contributed by atoms with Gasteiger partial charge in [-0.1, -0.05) is 81.9 Å². The molecule has 2 atom stereocenters. The van der Waals surface area contributed by atoms with E-state index in [1.54, 1.807) is 0 Å². The average molecular weight is 348 g/mol. The van der Waals surface area contributed by atoms with Gasteiger partial charge in [-0.05, 0) is 29.0 Å². The Morgan fingerprint density at radius 1 is 1.04 bits per heavy atom. The van der Waals surface area contributed by atoms with Gasteiger partial charge in [0.1, 0.15) is 0 Å². The first kappa shape index (κ1) is 18.2. The van der Waals surface area contributed by atoms with Crippen molar-refractivity contribution in [3.05, 3.63) is 83.6 Å². The van der Waals surface area contributed by atoms with Crippen LogP contribution < -0.4 is 5.32 Å². The normalized spacial score (nSPS) is 23.7. The van der Waals surface area contributed by atoms with Gasteiger partial charge in [0.15, 0.2) is 5.96 Å². The van der Waals surface area contributed by atoms with E-state index in [-0.39, 0.29) is 11.3 Å². The summed E-state index contributed by atoms with van der Waals surface area (Å²) in [6, 6.07) is 19.2. The number of hydrogen-bond donors (Lipinski definition) is 2. The first-order valence-corrected chi connectivity index (χ1v) is 9.10. The zero-order chi connectivity index (χ0) is 19.1. The summed E-state index contributed by atoms with van der Waals surface area (Å²) in [7, 11) is 1.90. The minimum absolute atomic E-state index is 0.0398. The van der Waals surface area contributed by atoms with Gasteiger partial charge in [0.25, 0.3) is 0 Å². The summed E-state index contributed by atoms with van der Waals surface area (Å²) in [5, 5.41) is 11.8. The summed E-state index contributed by atoms with van der Waals surface area (Å²) in [6.45, 7) is 13.2. The van der Waals surface area contributed by atoms with Crippen molar-refractivity contribution in [1.29, 1.82) is 5.41 Å². The van der Waals surface area contributed by atoms with Gasteiger partial charge in [0.2, 0.25) is 0 Å². The summed E-state index contributed by atoms with van der Waals surface area (Å²) in [5.74, 6) is 0.418. The lowest BCUT2D eigenvalue weighted by atomic mass is 9.72. The number of nitrogens with one attached hydrogen (secondary N) is 2. The van der Waals surface area contributed by atoms with E-state index < -0.39 is 5.54 Å². The first-order valence-electron chi connectivity index (χ1n) is 9.10. The molecule has 0 aliphatic carbocycles. The molecule has 0 aromatic heterocycles. The highest BCUT2D eigenvalue weighted by Gasteiger charge is 2.44. The Morgan fingerprint density at radius 2 is 1.62 bits per heavy atom. The zero-order valence-electron chi connectivity index (χ0n) is 16.4. The lowest BCUT2D eigenvalue weighted by molar-refractivity contribution is 0.292. The van der Waals surface area contributed by atoms with Crippen LogP contribution in [0.3, 0.4) is 0 Å². The van der Waals surface area contributed by atoms with E-state index in [1.807, 2.05) is 30.1 Å². The van der Waals surface area contributed by atoms with Gasteiger partial charge >= 0.3 is 0 Å². The topological polar surface area (TPSA) is 39.1 Å². The van der Waals surface area contributed by atoms with Gasteiger partial charge in [-0.2, -0.15) is 0 Å². The highest BCUT2D eigenvalue weighted by molar-refractivity contribution is 5.81. The maximum absolute atomic E-state index is 8.35. The summed E-state index contributed by atoms with van der Waals surface area (Å²) >= 11 is 0. The van der Waals surface area contributed by atoms with Gasteiger partial charge in [0, 0.05) is 12.7 Å². The Kier molecular flexibility index (Phi) is 4.43. The molecule has 0 unspecified atom stereocenters. The Morgan fingerprint density at radius 3 is 2.15 bits per heavy atom. The molecule has 3 nitrogen and oxygen atoms in total. The van der Waals surface area contributed by atoms with Crippen LogP contribution in [0.25, 0.3) is 0 Å². The van der Waals surface area contributed by atoms with Crippen LogP contribution in [0.4, 0.5) is 0 Å². The van der Waals surface area contributed by atoms with E-state index in [1.165, 1.54) is 11.1 Å². The maximum Gasteiger partial charge on any atom is 0.195 e. The van der Waals surface area contributed by atoms with Crippen molar-refractivity contribution in [2.75, 3.05) is 7.05 Å². The second-order valence-corrected chi connectivity index (χ2v) is 8.40. The molecule has 1 saturated heterocycles. The van der Waals surface area contributed by atoms with Crippen LogP contribution in [0.1, 0.15) is 50.3 Å². The lowest BCUT2D eigenvalue weighted by Crippen LogP contribution is -2.58. The lowest BCUT2D eigenvalue weighted by Gasteiger charge is -2.48. The fourth-order valence-corrected chi connectivity index (χ4v) is 3.80. The maximum atomic E-state index is 8.35. The number of nitrogens with zero attached hydrogens (tertiary/aromatic N) is 1. The highest BCUT2D eigenvalue weighted by atomic mass is 15.3. The van der Waals surface area contributed by atoms with Crippen molar-refractivity contribution < 1.29 is 0 Å². The fraction of sp³-hybridized carbons (Fsp3) is 0.348. The Balaban J connectivity index is 2.11. The molecule has 0 bridgehead atoms. The van der Waals surface area contributed by atoms with Crippen molar-refractivity contribution in [2.24, 2.45) is 0 Å². The predicted molar refractivity (Wildman–Crippen MR) is 109 cm³/mol. The fourth-order valence-electron chi connectivity index (χ4n) is 3.80. The van der Waals surface area contributed by atoms with Crippen LogP contribution in [-0.2, 0) is 11.0 Å². The molecule has 0 radical (unpaired) electrons. The largest absolute Gasteiger partial charge is 0.346 e. The molecular weight excluding hydrogens is 318 g/mol. The minimum Gasteiger partial charge on any atom is -0.346 e. The summed E-state index contributed by atoms with van der Waals surface area (Å²) in [6.07, 6.45) is 0. The smallest absolute Gasteiger partial charge is 0.195 e. The molecule has 0 saturated carbocycles. The molecule has 2 N–H and O–H groups in total. The molecule has 3 heteroatoms. The molecule has 1 aliphatic rings. The summed E-state index contributed by atoms with van der Waals surface area (Å²) in [4.78, 5) is 1.84. The van der Waals surface area contributed by atoms with E-state index in [2.05, 4.69) is 76.0 Å². The molecule has 136 valence electrons. The Bertz CT molecular complexity index is 815. The van der Waals surface area contributed by atoms with Crippen LogP contribution in [0.5, 0.6) is 0 Å². The van der Waals surface area contributed by atoms with E-state index in [9.17, 15) is 0 Å². The SMILES string of the molecule is C=C1[C@@H](c2ccc(C(C)(C)C)cc2)[C@@](C)(c2ccccc2)NC(=N)N1C. The molecule has 26 heavy (non-hydrogen) atoms. The molecule has 1 heterocycles. The molecule has 1 aliphatic heterocycles. The highest BCUT2D eigenvalue weighted by Crippen LogP contribution is 2.45. The van der Waals surface area contributed by atoms with Gasteiger partial charge < -0.3 is 10.2 Å². The third-order valence-electron chi connectivity index (χ3n) is 5.54. The first-order chi connectivity index (χ1) is 12.1. The second kappa shape index (κ2) is 6.31. The van der Waals surface area contributed by atoms with E-state index in [4.69, 9.17) is 5.41 Å². The van der Waals surface area contributed by atoms with Crippen LogP contribution in [0.15, 0.2) is 66.9 Å². The van der Waals surface area contributed by atoms with Crippen LogP contribution in [-0.4, -0.2) is 17.9 Å². The number of hydrogen-bond acceptors (Lipinski definition) is 1. The monoisotopic (exact) mass is 347 g/mol. The van der Waals surface area contributed by atoms with E-state index in [0.717, 1.165) is 11.3 Å². The van der Waals surface area contributed by atoms with E-state index in [0.29, 0.717) is 5.96 Å². The van der Waals surface area contributed by atoms with Gasteiger partial charge in [0.05, 0.1) is 11.5 Å². The standard InChI is InChI=1S/C23H29N3/c1-16-20(17-12-14-18(15-13-17)22(2,3)4)23(5,25-21(24)26(16)6)19-10-8-7-9-11-19/h7-15,20H,1H2,2-6H3,(H2,24,25)/t20-,23+/m0/s1. The predicted octanol–water partition coefficient (Wildman–Crippen LogP) is 4.97. The van der Waals surface area contributed by atoms with Gasteiger partial charge in [-0.25, -0.2) is 0 Å². The number of guanidine groups is 1. The Labute approximate surface area is 157 Å². The van der Waals surface area contributed by atoms with Crippen LogP contribution in [0, 0.1) is 5.41 Å². The van der Waals surface area contributed by atoms with Crippen molar-refractivity contribution in [2.45, 2.75) is 44.6 Å². The second-order valence-electron chi connectivity index (χ2n) is 8.40. The zero-order valence-corrected chi connectivity index (χ0v) is 16.4. The average Bonchev–Trinajstić information content (AvgIpc) is 2.60. The molecule has 1 fully saturated rings. The van der Waals surface area contributed by atoms with E-state index >= 15 is 0 Å². The van der Waals surface area contributed by atoms with Crippen LogP contribution >= 0.6 is 0 Å². The quantitative estimate of drug-likeness (QED) is 0.805. The van der Waals surface area contributed by atoms with Gasteiger partial charge in [-0.3, -0.25) is 5.41 Å². The third-order valence-corrected chi connectivity index (χ3v) is 5.54. The number of likely N-dealkylation sites (N-methyl/N-ethyl adjacent to an activating group) is 1. The van der Waals surface area contributed by atoms with Crippen molar-refractivity contribution in [3.8, 4) is 0 Å². The Hall–Kier alpha value is -2.55. The molecular formula is C23H29N3. The van der Waals surface area contributed by atoms with Crippen molar-refractivity contribution >= 4 is 5.96 Å². The molecule has 0 amide bonds. The molecule has 3 rings (SSSR count). The summed E-state index contributed by atoms with van der Waals surface area (Å²) < 4.78 is 0. The number of benzene rings is 2. The van der Waals surface area contributed by atoms with Crippen molar-refractivity contribution in [3.63, 3.8) is 0 Å². The molecule has 0 spiro atoms. The molecule has 2 aromatic carbocycles. The van der Waals surface area contributed by atoms with Crippen LogP contribution in [0.2, 0.25) is 0 Å².